The fraction of sp³-hybridized carbons (Fsp3) is 0.200. The molecule has 0 aromatic heterocycles. The highest BCUT2D eigenvalue weighted by atomic mass is 35.5. The van der Waals surface area contributed by atoms with Gasteiger partial charge in [0, 0.05) is 10.6 Å². The van der Waals surface area contributed by atoms with Gasteiger partial charge >= 0.3 is 0 Å². The van der Waals surface area contributed by atoms with Crippen LogP contribution in [-0.4, -0.2) is 12.9 Å². The first kappa shape index (κ1) is 15.2. The zero-order valence-electron chi connectivity index (χ0n) is 11.2. The number of thioether (sulfide) groups is 1. The third kappa shape index (κ3) is 3.90. The summed E-state index contributed by atoms with van der Waals surface area (Å²) in [6.07, 6.45) is 0. The van der Waals surface area contributed by atoms with E-state index in [9.17, 15) is 0 Å². The van der Waals surface area contributed by atoms with E-state index < -0.39 is 0 Å². The van der Waals surface area contributed by atoms with Crippen molar-refractivity contribution in [1.29, 1.82) is 0 Å². The van der Waals surface area contributed by atoms with Gasteiger partial charge in [0.05, 0.1) is 18.2 Å². The van der Waals surface area contributed by atoms with Crippen LogP contribution in [0.4, 0.5) is 0 Å². The van der Waals surface area contributed by atoms with E-state index in [2.05, 4.69) is 17.6 Å². The Hall–Kier alpha value is -1.20. The Morgan fingerprint density at radius 3 is 2.65 bits per heavy atom. The van der Waals surface area contributed by atoms with Gasteiger partial charge in [-0.3, -0.25) is 11.3 Å². The number of methoxy groups -OCH3 is 1. The Kier molecular flexibility index (Phi) is 5.73. The molecule has 0 aliphatic rings. The van der Waals surface area contributed by atoms with E-state index in [4.69, 9.17) is 22.2 Å². The zero-order chi connectivity index (χ0) is 14.4. The maximum atomic E-state index is 6.04. The van der Waals surface area contributed by atoms with E-state index in [1.54, 1.807) is 18.9 Å². The van der Waals surface area contributed by atoms with Crippen molar-refractivity contribution in [1.82, 2.24) is 5.43 Å². The lowest BCUT2D eigenvalue weighted by atomic mass is 10.1. The highest BCUT2D eigenvalue weighted by molar-refractivity contribution is 7.99. The quantitative estimate of drug-likeness (QED) is 0.486. The van der Waals surface area contributed by atoms with E-state index in [0.29, 0.717) is 10.8 Å². The molecule has 0 radical (unpaired) electrons. The van der Waals surface area contributed by atoms with Crippen LogP contribution in [0.15, 0.2) is 53.4 Å². The SMILES string of the molecule is COc1cc(C(CSc2ccccc2)NN)ccc1Cl. The summed E-state index contributed by atoms with van der Waals surface area (Å²) in [5.41, 5.74) is 3.89. The first-order valence-electron chi connectivity index (χ1n) is 6.22. The summed E-state index contributed by atoms with van der Waals surface area (Å²) >= 11 is 7.78. The molecule has 2 rings (SSSR count). The molecular weight excluding hydrogens is 292 g/mol. The molecule has 0 aliphatic carbocycles. The van der Waals surface area contributed by atoms with Gasteiger partial charge in [0.25, 0.3) is 0 Å². The summed E-state index contributed by atoms with van der Waals surface area (Å²) in [6.45, 7) is 0. The van der Waals surface area contributed by atoms with Gasteiger partial charge in [-0.05, 0) is 29.8 Å². The van der Waals surface area contributed by atoms with E-state index >= 15 is 0 Å². The highest BCUT2D eigenvalue weighted by Crippen LogP contribution is 2.30. The van der Waals surface area contributed by atoms with Crippen molar-refractivity contribution in [3.8, 4) is 5.75 Å². The number of nitrogens with two attached hydrogens (primary N) is 1. The predicted molar refractivity (Wildman–Crippen MR) is 85.2 cm³/mol. The summed E-state index contributed by atoms with van der Waals surface area (Å²) in [6, 6.07) is 16.0. The van der Waals surface area contributed by atoms with Crippen LogP contribution in [0.2, 0.25) is 5.02 Å². The predicted octanol–water partition coefficient (Wildman–Crippen LogP) is 3.65. The van der Waals surface area contributed by atoms with E-state index in [-0.39, 0.29) is 6.04 Å². The minimum atomic E-state index is 0.0337. The highest BCUT2D eigenvalue weighted by Gasteiger charge is 2.12. The molecule has 20 heavy (non-hydrogen) atoms. The van der Waals surface area contributed by atoms with Gasteiger partial charge in [-0.25, -0.2) is 0 Å². The average molecular weight is 309 g/mol. The Balaban J connectivity index is 2.08. The smallest absolute Gasteiger partial charge is 0.137 e. The molecule has 3 N–H and O–H groups in total. The van der Waals surface area contributed by atoms with Crippen LogP contribution in [-0.2, 0) is 0 Å². The molecule has 3 nitrogen and oxygen atoms in total. The zero-order valence-corrected chi connectivity index (χ0v) is 12.7. The monoisotopic (exact) mass is 308 g/mol. The van der Waals surface area contributed by atoms with Crippen molar-refractivity contribution in [2.45, 2.75) is 10.9 Å². The van der Waals surface area contributed by atoms with E-state index in [0.717, 1.165) is 11.3 Å². The molecule has 2 aromatic carbocycles. The summed E-state index contributed by atoms with van der Waals surface area (Å²) in [4.78, 5) is 1.22. The summed E-state index contributed by atoms with van der Waals surface area (Å²) in [7, 11) is 1.61. The molecule has 1 unspecified atom stereocenters. The molecule has 0 spiro atoms. The third-order valence-electron chi connectivity index (χ3n) is 2.94. The van der Waals surface area contributed by atoms with E-state index in [1.807, 2.05) is 36.4 Å². The maximum Gasteiger partial charge on any atom is 0.137 e. The van der Waals surface area contributed by atoms with Crippen molar-refractivity contribution in [3.63, 3.8) is 0 Å². The molecular formula is C15H17ClN2OS. The second kappa shape index (κ2) is 7.55. The van der Waals surface area contributed by atoms with Gasteiger partial charge in [0.15, 0.2) is 0 Å². The van der Waals surface area contributed by atoms with Gasteiger partial charge in [-0.1, -0.05) is 35.9 Å². The van der Waals surface area contributed by atoms with Crippen LogP contribution < -0.4 is 16.0 Å². The van der Waals surface area contributed by atoms with Crippen LogP contribution >= 0.6 is 23.4 Å². The van der Waals surface area contributed by atoms with Crippen molar-refractivity contribution >= 4 is 23.4 Å². The van der Waals surface area contributed by atoms with Gasteiger partial charge in [-0.15, -0.1) is 11.8 Å². The molecule has 0 bridgehead atoms. The number of rotatable bonds is 6. The summed E-state index contributed by atoms with van der Waals surface area (Å²) in [5, 5.41) is 0.600. The second-order valence-electron chi connectivity index (χ2n) is 4.24. The van der Waals surface area contributed by atoms with Gasteiger partial charge < -0.3 is 4.74 Å². The number of hydrogen-bond donors (Lipinski definition) is 2. The fourth-order valence-electron chi connectivity index (χ4n) is 1.83. The van der Waals surface area contributed by atoms with Crippen molar-refractivity contribution in [2.24, 2.45) is 5.84 Å². The second-order valence-corrected chi connectivity index (χ2v) is 5.74. The normalized spacial score (nSPS) is 12.2. The van der Waals surface area contributed by atoms with Gasteiger partial charge in [0.2, 0.25) is 0 Å². The Morgan fingerprint density at radius 2 is 2.00 bits per heavy atom. The molecule has 0 saturated heterocycles. The fourth-order valence-corrected chi connectivity index (χ4v) is 3.02. The number of ether oxygens (including phenoxy) is 1. The summed E-state index contributed by atoms with van der Waals surface area (Å²) in [5.74, 6) is 7.15. The molecule has 0 fully saturated rings. The molecule has 0 amide bonds. The lowest BCUT2D eigenvalue weighted by molar-refractivity contribution is 0.413. The molecule has 5 heteroatoms. The topological polar surface area (TPSA) is 47.3 Å². The third-order valence-corrected chi connectivity index (χ3v) is 4.36. The number of benzene rings is 2. The first-order chi connectivity index (χ1) is 9.74. The Labute approximate surface area is 128 Å². The van der Waals surface area contributed by atoms with Crippen molar-refractivity contribution < 1.29 is 4.74 Å². The number of hydrazine groups is 1. The van der Waals surface area contributed by atoms with E-state index in [1.165, 1.54) is 4.90 Å². The van der Waals surface area contributed by atoms with Crippen molar-refractivity contribution in [3.05, 3.63) is 59.1 Å². The molecule has 106 valence electrons. The lowest BCUT2D eigenvalue weighted by Gasteiger charge is -2.17. The molecule has 0 heterocycles. The Bertz CT molecular complexity index is 551. The summed E-state index contributed by atoms with van der Waals surface area (Å²) < 4.78 is 5.24. The molecule has 0 aliphatic heterocycles. The maximum absolute atomic E-state index is 6.04. The van der Waals surface area contributed by atoms with Gasteiger partial charge in [0.1, 0.15) is 5.75 Å². The first-order valence-corrected chi connectivity index (χ1v) is 7.58. The van der Waals surface area contributed by atoms with Crippen LogP contribution in [0.3, 0.4) is 0 Å². The molecule has 1 atom stereocenters. The molecule has 0 saturated carbocycles. The lowest BCUT2D eigenvalue weighted by Crippen LogP contribution is -2.29. The largest absolute Gasteiger partial charge is 0.495 e. The number of nitrogens with one attached hydrogen (secondary N) is 1. The van der Waals surface area contributed by atoms with Crippen LogP contribution in [0.5, 0.6) is 5.75 Å². The van der Waals surface area contributed by atoms with Gasteiger partial charge in [-0.2, -0.15) is 0 Å². The van der Waals surface area contributed by atoms with Crippen LogP contribution in [0, 0.1) is 0 Å². The number of halogens is 1. The minimum absolute atomic E-state index is 0.0337. The standard InChI is InChI=1S/C15H17ClN2OS/c1-19-15-9-11(7-8-13(15)16)14(18-17)10-20-12-5-3-2-4-6-12/h2-9,14,18H,10,17H2,1H3. The molecule has 2 aromatic rings. The minimum Gasteiger partial charge on any atom is -0.495 e. The van der Waals surface area contributed by atoms with Crippen molar-refractivity contribution in [2.75, 3.05) is 12.9 Å². The Morgan fingerprint density at radius 1 is 1.25 bits per heavy atom. The van der Waals surface area contributed by atoms with Crippen LogP contribution in [0.25, 0.3) is 0 Å². The number of hydrogen-bond acceptors (Lipinski definition) is 4. The average Bonchev–Trinajstić information content (AvgIpc) is 2.50. The van der Waals surface area contributed by atoms with Crippen LogP contribution in [0.1, 0.15) is 11.6 Å².